The van der Waals surface area contributed by atoms with Crippen molar-refractivity contribution >= 4 is 23.9 Å². The van der Waals surface area contributed by atoms with Crippen molar-refractivity contribution in [1.29, 1.82) is 0 Å². The second-order valence-electron chi connectivity index (χ2n) is 22.4. The molecule has 3 unspecified atom stereocenters. The molecule has 9 nitrogen and oxygen atoms in total. The molecule has 0 amide bonds. The summed E-state index contributed by atoms with van der Waals surface area (Å²) in [5.41, 5.74) is -2.70. The quantitative estimate of drug-likeness (QED) is 0.0435. The van der Waals surface area contributed by atoms with Crippen molar-refractivity contribution in [2.45, 2.75) is 324 Å². The average Bonchev–Trinajstić information content (AvgIpc) is 3.29. The molecule has 0 radical (unpaired) electrons. The molecule has 0 aromatic carbocycles. The Hall–Kier alpha value is -2.16. The molecule has 0 aliphatic rings. The second kappa shape index (κ2) is 46.9. The summed E-state index contributed by atoms with van der Waals surface area (Å²) < 4.78 is 5.86. The van der Waals surface area contributed by atoms with Crippen LogP contribution in [0.15, 0.2) is 0 Å². The first kappa shape index (κ1) is 68.9. The number of ether oxygens (including phenoxy) is 1. The Kier molecular flexibility index (Phi) is 46.8. The van der Waals surface area contributed by atoms with E-state index in [4.69, 9.17) is 4.74 Å². The van der Waals surface area contributed by atoms with Crippen LogP contribution in [0.1, 0.15) is 319 Å². The molecular weight excluding hydrogens is 865 g/mol. The molecule has 0 aliphatic heterocycles. The first-order valence-corrected chi connectivity index (χ1v) is 29.6. The van der Waals surface area contributed by atoms with Gasteiger partial charge in [0.15, 0.2) is 5.60 Å². The van der Waals surface area contributed by atoms with Gasteiger partial charge in [-0.1, -0.05) is 274 Å². The van der Waals surface area contributed by atoms with Crippen molar-refractivity contribution in [3.8, 4) is 0 Å². The summed E-state index contributed by atoms with van der Waals surface area (Å²) in [4.78, 5) is 47.3. The van der Waals surface area contributed by atoms with Gasteiger partial charge in [0.25, 0.3) is 0 Å². The van der Waals surface area contributed by atoms with Crippen LogP contribution in [0.25, 0.3) is 0 Å². The molecule has 0 spiro atoms. The van der Waals surface area contributed by atoms with Gasteiger partial charge in [0.05, 0.1) is 18.3 Å². The van der Waals surface area contributed by atoms with E-state index in [0.717, 1.165) is 95.3 Å². The van der Waals surface area contributed by atoms with Gasteiger partial charge in [0.2, 0.25) is 0 Å². The minimum Gasteiger partial charge on any atom is -0.481 e. The van der Waals surface area contributed by atoms with Gasteiger partial charge in [0.1, 0.15) is 0 Å². The van der Waals surface area contributed by atoms with Crippen molar-refractivity contribution in [2.75, 3.05) is 6.61 Å². The first-order valence-electron chi connectivity index (χ1n) is 29.6. The molecular formula is C60H116O9. The van der Waals surface area contributed by atoms with Crippen LogP contribution in [0, 0.1) is 29.1 Å². The van der Waals surface area contributed by atoms with Gasteiger partial charge in [0, 0.05) is 6.61 Å². The Bertz CT molecular complexity index is 1180. The van der Waals surface area contributed by atoms with Gasteiger partial charge in [-0.2, -0.15) is 0 Å². The predicted molar refractivity (Wildman–Crippen MR) is 290 cm³/mol. The highest BCUT2D eigenvalue weighted by Gasteiger charge is 2.44. The van der Waals surface area contributed by atoms with E-state index >= 15 is 0 Å². The molecule has 9 heteroatoms. The summed E-state index contributed by atoms with van der Waals surface area (Å²) in [6, 6.07) is 0. The zero-order chi connectivity index (χ0) is 52.0. The summed E-state index contributed by atoms with van der Waals surface area (Å²) in [7, 11) is 0. The van der Waals surface area contributed by atoms with Crippen LogP contribution >= 0.6 is 0 Å². The summed E-state index contributed by atoms with van der Waals surface area (Å²) in [6.45, 7) is 18.0. The third-order valence-corrected chi connectivity index (χ3v) is 14.9. The lowest BCUT2D eigenvalue weighted by Gasteiger charge is -2.34. The molecule has 0 rings (SSSR count). The van der Waals surface area contributed by atoms with Gasteiger partial charge < -0.3 is 25.2 Å². The van der Waals surface area contributed by atoms with E-state index < -0.39 is 41.3 Å². The first-order chi connectivity index (χ1) is 33.0. The average molecular weight is 982 g/mol. The topological polar surface area (TPSA) is 158 Å². The molecule has 0 bridgehead atoms. The molecule has 0 aromatic heterocycles. The highest BCUT2D eigenvalue weighted by atomic mass is 16.5. The standard InChI is InChI=1S/C40H78O5.C20H38O4/c1-36(2)31-27-23-19-15-11-7-5-9-13-17-21-25-29-33-40(39(43)44,35-38(41)42)45-34-30-26-22-18-14-10-6-8-12-16-20-24-28-32-37(3)4;1-5-9-11-16(7-3)13-20(19(23)24,15-18(21)22)14-17(8-4)12-10-6-2/h36-37H,5-35H2,1-4H3,(H,41,42)(H,43,44);16-17H,5-15H2,1-4H3,(H,21,22)(H,23,24). The van der Waals surface area contributed by atoms with Gasteiger partial charge in [-0.25, -0.2) is 4.79 Å². The van der Waals surface area contributed by atoms with Crippen molar-refractivity contribution in [3.05, 3.63) is 0 Å². The van der Waals surface area contributed by atoms with Gasteiger partial charge in [-0.15, -0.1) is 0 Å². The molecule has 410 valence electrons. The number of hydrogen-bond acceptors (Lipinski definition) is 5. The SMILES string of the molecule is CC(C)CCCCCCCCCCCCCCCOC(CCCCCCCCCCCCCCCC(C)C)(CC(=O)O)C(=O)O.CCCCC(CC)CC(CC(=O)O)(CC(CC)CCCC)C(=O)O. The number of carbonyl (C=O) groups is 4. The predicted octanol–water partition coefficient (Wildman–Crippen LogP) is 18.7. The molecule has 0 aliphatic carbocycles. The van der Waals surface area contributed by atoms with Crippen molar-refractivity contribution < 1.29 is 44.3 Å². The van der Waals surface area contributed by atoms with E-state index in [0.29, 0.717) is 37.7 Å². The number of aliphatic carboxylic acids is 4. The van der Waals surface area contributed by atoms with E-state index in [1.165, 1.54) is 141 Å². The molecule has 0 fully saturated rings. The van der Waals surface area contributed by atoms with Gasteiger partial charge in [-0.05, 0) is 55.8 Å². The van der Waals surface area contributed by atoms with Gasteiger partial charge >= 0.3 is 23.9 Å². The Labute approximate surface area is 426 Å². The fraction of sp³-hybridized carbons (Fsp3) is 0.933. The zero-order valence-electron chi connectivity index (χ0n) is 46.8. The lowest BCUT2D eigenvalue weighted by Crippen LogP contribution is -2.44. The second-order valence-corrected chi connectivity index (χ2v) is 22.4. The molecule has 0 aromatic rings. The Balaban J connectivity index is 0. The van der Waals surface area contributed by atoms with Crippen LogP contribution in [0.3, 0.4) is 0 Å². The lowest BCUT2D eigenvalue weighted by molar-refractivity contribution is -0.174. The molecule has 4 N–H and O–H groups in total. The van der Waals surface area contributed by atoms with Crippen LogP contribution in [0.4, 0.5) is 0 Å². The van der Waals surface area contributed by atoms with Crippen LogP contribution in [0.2, 0.25) is 0 Å². The van der Waals surface area contributed by atoms with E-state index in [2.05, 4.69) is 55.4 Å². The molecule has 69 heavy (non-hydrogen) atoms. The van der Waals surface area contributed by atoms with E-state index in [1.807, 2.05) is 0 Å². The third-order valence-electron chi connectivity index (χ3n) is 14.9. The highest BCUT2D eigenvalue weighted by molar-refractivity contribution is 5.84. The van der Waals surface area contributed by atoms with Crippen LogP contribution < -0.4 is 0 Å². The number of unbranched alkanes of at least 4 members (excludes halogenated alkanes) is 26. The Morgan fingerprint density at radius 1 is 0.391 bits per heavy atom. The van der Waals surface area contributed by atoms with Crippen LogP contribution in [0.5, 0.6) is 0 Å². The fourth-order valence-corrected chi connectivity index (χ4v) is 10.2. The number of carboxylic acid groups (broad SMARTS) is 4. The van der Waals surface area contributed by atoms with E-state index in [1.54, 1.807) is 0 Å². The van der Waals surface area contributed by atoms with Crippen molar-refractivity contribution in [1.82, 2.24) is 0 Å². The summed E-state index contributed by atoms with van der Waals surface area (Å²) in [5.74, 6) is -1.87. The monoisotopic (exact) mass is 981 g/mol. The smallest absolute Gasteiger partial charge is 0.336 e. The zero-order valence-corrected chi connectivity index (χ0v) is 46.8. The van der Waals surface area contributed by atoms with Crippen molar-refractivity contribution in [3.63, 3.8) is 0 Å². The Morgan fingerprint density at radius 2 is 0.710 bits per heavy atom. The lowest BCUT2D eigenvalue weighted by atomic mass is 9.68. The highest BCUT2D eigenvalue weighted by Crippen LogP contribution is 2.42. The minimum absolute atomic E-state index is 0.256. The maximum Gasteiger partial charge on any atom is 0.336 e. The summed E-state index contributed by atoms with van der Waals surface area (Å²) >= 11 is 0. The fourth-order valence-electron chi connectivity index (χ4n) is 10.2. The Morgan fingerprint density at radius 3 is 0.986 bits per heavy atom. The van der Waals surface area contributed by atoms with E-state index in [9.17, 15) is 39.6 Å². The molecule has 0 saturated carbocycles. The van der Waals surface area contributed by atoms with Crippen molar-refractivity contribution in [2.24, 2.45) is 29.1 Å². The summed E-state index contributed by atoms with van der Waals surface area (Å²) in [5, 5.41) is 38.7. The molecule has 0 heterocycles. The minimum atomic E-state index is -1.59. The normalized spacial score (nSPS) is 14.2. The van der Waals surface area contributed by atoms with Crippen LogP contribution in [-0.2, 0) is 23.9 Å². The largest absolute Gasteiger partial charge is 0.481 e. The summed E-state index contributed by atoms with van der Waals surface area (Å²) in [6.07, 6.45) is 43.8. The van der Waals surface area contributed by atoms with Crippen LogP contribution in [-0.4, -0.2) is 56.5 Å². The number of hydrogen-bond donors (Lipinski definition) is 4. The van der Waals surface area contributed by atoms with Gasteiger partial charge in [-0.3, -0.25) is 14.4 Å². The maximum absolute atomic E-state index is 12.2. The number of carboxylic acids is 4. The van der Waals surface area contributed by atoms with E-state index in [-0.39, 0.29) is 12.8 Å². The third kappa shape index (κ3) is 41.1. The number of rotatable bonds is 51. The molecule has 0 saturated heterocycles. The molecule has 3 atom stereocenters. The maximum atomic E-state index is 12.2.